The molecule has 0 atom stereocenters. The molecule has 2 heterocycles. The fourth-order valence-corrected chi connectivity index (χ4v) is 3.81. The number of esters is 1. The number of aromatic hydroxyl groups is 1. The van der Waals surface area contributed by atoms with E-state index in [4.69, 9.17) is 16.3 Å². The fourth-order valence-electron chi connectivity index (χ4n) is 2.59. The Balaban J connectivity index is 1.62. The zero-order valence-electron chi connectivity index (χ0n) is 13.2. The molecule has 4 aromatic rings. The van der Waals surface area contributed by atoms with Crippen molar-refractivity contribution in [2.45, 2.75) is 6.61 Å². The summed E-state index contributed by atoms with van der Waals surface area (Å²) in [6.45, 7) is -0.180. The van der Waals surface area contributed by atoms with Crippen LogP contribution < -0.4 is 5.56 Å². The van der Waals surface area contributed by atoms with Gasteiger partial charge in [0.15, 0.2) is 4.96 Å². The number of para-hydroxylation sites is 1. The first-order valence-electron chi connectivity index (χ1n) is 7.59. The summed E-state index contributed by atoms with van der Waals surface area (Å²) in [5.41, 5.74) is 0.880. The molecule has 0 saturated carbocycles. The molecule has 0 aliphatic carbocycles. The number of hydrogen-bond acceptors (Lipinski definition) is 6. The van der Waals surface area contributed by atoms with Crippen LogP contribution in [-0.4, -0.2) is 20.5 Å². The van der Waals surface area contributed by atoms with E-state index < -0.39 is 5.97 Å². The second-order valence-corrected chi connectivity index (χ2v) is 6.96. The lowest BCUT2D eigenvalue weighted by Crippen LogP contribution is -2.15. The number of ether oxygens (including phenoxy) is 1. The number of fused-ring (bicyclic) bond motifs is 3. The third kappa shape index (κ3) is 2.91. The van der Waals surface area contributed by atoms with Crippen LogP contribution in [0.25, 0.3) is 15.2 Å². The van der Waals surface area contributed by atoms with Crippen molar-refractivity contribution >= 4 is 44.1 Å². The van der Waals surface area contributed by atoms with Crippen molar-refractivity contribution < 1.29 is 14.6 Å². The molecule has 0 spiro atoms. The van der Waals surface area contributed by atoms with E-state index in [1.165, 1.54) is 40.0 Å². The van der Waals surface area contributed by atoms with Crippen LogP contribution in [0.1, 0.15) is 16.1 Å². The molecule has 8 heteroatoms. The van der Waals surface area contributed by atoms with Gasteiger partial charge in [0.2, 0.25) is 0 Å². The summed E-state index contributed by atoms with van der Waals surface area (Å²) in [7, 11) is 0. The largest absolute Gasteiger partial charge is 0.507 e. The molecule has 0 saturated heterocycles. The number of halogens is 1. The van der Waals surface area contributed by atoms with Crippen LogP contribution in [0.3, 0.4) is 0 Å². The van der Waals surface area contributed by atoms with Crippen molar-refractivity contribution in [3.8, 4) is 5.75 Å². The van der Waals surface area contributed by atoms with E-state index in [0.29, 0.717) is 15.7 Å². The maximum Gasteiger partial charge on any atom is 0.342 e. The van der Waals surface area contributed by atoms with Gasteiger partial charge in [0.25, 0.3) is 5.56 Å². The van der Waals surface area contributed by atoms with Gasteiger partial charge in [0.1, 0.15) is 17.9 Å². The van der Waals surface area contributed by atoms with E-state index in [1.54, 1.807) is 0 Å². The first kappa shape index (κ1) is 16.6. The molecular weight excluding hydrogens is 376 g/mol. The van der Waals surface area contributed by atoms with Crippen molar-refractivity contribution in [3.05, 3.63) is 75.2 Å². The molecule has 0 aliphatic rings. The molecule has 2 aromatic heterocycles. The minimum Gasteiger partial charge on any atom is -0.507 e. The summed E-state index contributed by atoms with van der Waals surface area (Å²) in [4.78, 5) is 29.4. The van der Waals surface area contributed by atoms with E-state index in [9.17, 15) is 14.7 Å². The summed E-state index contributed by atoms with van der Waals surface area (Å²) in [6.07, 6.45) is 0. The van der Waals surface area contributed by atoms with Gasteiger partial charge in [-0.05, 0) is 30.3 Å². The molecule has 0 unspecified atom stereocenters. The third-order valence-electron chi connectivity index (χ3n) is 3.78. The summed E-state index contributed by atoms with van der Waals surface area (Å²) >= 11 is 7.12. The Labute approximate surface area is 155 Å². The summed E-state index contributed by atoms with van der Waals surface area (Å²) in [6, 6.07) is 13.0. The number of benzene rings is 2. The van der Waals surface area contributed by atoms with Crippen LogP contribution in [0.4, 0.5) is 0 Å². The van der Waals surface area contributed by atoms with Crippen molar-refractivity contribution in [1.29, 1.82) is 0 Å². The van der Waals surface area contributed by atoms with Gasteiger partial charge in [0, 0.05) is 11.1 Å². The maximum absolute atomic E-state index is 12.4. The van der Waals surface area contributed by atoms with Crippen molar-refractivity contribution in [1.82, 2.24) is 9.38 Å². The molecule has 26 heavy (non-hydrogen) atoms. The van der Waals surface area contributed by atoms with Crippen molar-refractivity contribution in [2.24, 2.45) is 0 Å². The van der Waals surface area contributed by atoms with Crippen LogP contribution in [-0.2, 0) is 11.3 Å². The lowest BCUT2D eigenvalue weighted by atomic mass is 10.2. The molecule has 0 aliphatic heterocycles. The van der Waals surface area contributed by atoms with Gasteiger partial charge < -0.3 is 9.84 Å². The highest BCUT2D eigenvalue weighted by atomic mass is 35.5. The Morgan fingerprint density at radius 2 is 2.04 bits per heavy atom. The number of phenolic OH excluding ortho intramolecular Hbond substituents is 1. The van der Waals surface area contributed by atoms with Crippen LogP contribution in [0.15, 0.2) is 53.3 Å². The lowest BCUT2D eigenvalue weighted by Gasteiger charge is -2.06. The van der Waals surface area contributed by atoms with Gasteiger partial charge in [-0.25, -0.2) is 9.78 Å². The zero-order valence-corrected chi connectivity index (χ0v) is 14.8. The molecule has 130 valence electrons. The minimum atomic E-state index is -0.725. The number of hydrogen-bond donors (Lipinski definition) is 1. The molecule has 0 bridgehead atoms. The molecule has 0 radical (unpaired) electrons. The van der Waals surface area contributed by atoms with Crippen LogP contribution in [0.2, 0.25) is 5.02 Å². The number of carbonyl (C=O) groups is 1. The second-order valence-electron chi connectivity index (χ2n) is 5.51. The van der Waals surface area contributed by atoms with Crippen LogP contribution in [0, 0.1) is 0 Å². The van der Waals surface area contributed by atoms with Gasteiger partial charge in [-0.3, -0.25) is 9.20 Å². The average molecular weight is 387 g/mol. The van der Waals surface area contributed by atoms with Gasteiger partial charge in [-0.2, -0.15) is 0 Å². The summed E-state index contributed by atoms with van der Waals surface area (Å²) < 4.78 is 7.63. The number of carbonyl (C=O) groups excluding carboxylic acids is 1. The fraction of sp³-hybridized carbons (Fsp3) is 0.0556. The van der Waals surface area contributed by atoms with E-state index in [-0.39, 0.29) is 23.5 Å². The Hall–Kier alpha value is -2.90. The molecule has 0 amide bonds. The Bertz CT molecular complexity index is 1210. The van der Waals surface area contributed by atoms with Gasteiger partial charge in [-0.1, -0.05) is 35.1 Å². The molecule has 1 N–H and O–H groups in total. The monoisotopic (exact) mass is 386 g/mol. The molecule has 6 nitrogen and oxygen atoms in total. The first-order valence-corrected chi connectivity index (χ1v) is 8.78. The summed E-state index contributed by atoms with van der Waals surface area (Å²) in [5.74, 6) is -0.993. The maximum atomic E-state index is 12.4. The third-order valence-corrected chi connectivity index (χ3v) is 5.04. The second kappa shape index (κ2) is 6.44. The highest BCUT2D eigenvalue weighted by molar-refractivity contribution is 7.23. The standard InChI is InChI=1S/C18H11ClN2O4S/c19-10-5-6-12(14(22)7-10)17(24)25-9-11-8-16(23)21-13-3-1-2-4-15(13)26-18(21)20-11/h1-8,22H,9H2. The van der Waals surface area contributed by atoms with Crippen molar-refractivity contribution in [3.63, 3.8) is 0 Å². The van der Waals surface area contributed by atoms with E-state index in [0.717, 1.165) is 10.2 Å². The first-order chi connectivity index (χ1) is 12.5. The summed E-state index contributed by atoms with van der Waals surface area (Å²) in [5, 5.41) is 10.1. The average Bonchev–Trinajstić information content (AvgIpc) is 2.98. The number of thiazole rings is 1. The van der Waals surface area contributed by atoms with E-state index in [2.05, 4.69) is 4.98 Å². The molecule has 4 rings (SSSR count). The molecule has 0 fully saturated rings. The predicted octanol–water partition coefficient (Wildman–Crippen LogP) is 3.63. The quantitative estimate of drug-likeness (QED) is 0.544. The number of nitrogens with zero attached hydrogens (tertiary/aromatic N) is 2. The number of rotatable bonds is 3. The Morgan fingerprint density at radius 1 is 1.23 bits per heavy atom. The topological polar surface area (TPSA) is 80.9 Å². The molecule has 2 aromatic carbocycles. The number of phenols is 1. The van der Waals surface area contributed by atoms with Crippen molar-refractivity contribution in [2.75, 3.05) is 0 Å². The van der Waals surface area contributed by atoms with E-state index >= 15 is 0 Å². The smallest absolute Gasteiger partial charge is 0.342 e. The Morgan fingerprint density at radius 3 is 2.85 bits per heavy atom. The van der Waals surface area contributed by atoms with Gasteiger partial charge >= 0.3 is 5.97 Å². The SMILES string of the molecule is O=C(OCc1cc(=O)n2c(n1)sc1ccccc12)c1ccc(Cl)cc1O. The van der Waals surface area contributed by atoms with Crippen LogP contribution in [0.5, 0.6) is 5.75 Å². The Kier molecular flexibility index (Phi) is 4.10. The normalized spacial score (nSPS) is 11.1. The minimum absolute atomic E-state index is 0.00550. The lowest BCUT2D eigenvalue weighted by molar-refractivity contribution is 0.0464. The predicted molar refractivity (Wildman–Crippen MR) is 99.1 cm³/mol. The highest BCUT2D eigenvalue weighted by Gasteiger charge is 2.15. The van der Waals surface area contributed by atoms with Crippen LogP contribution >= 0.6 is 22.9 Å². The highest BCUT2D eigenvalue weighted by Crippen LogP contribution is 2.24. The number of aromatic nitrogens is 2. The van der Waals surface area contributed by atoms with Gasteiger partial charge in [-0.15, -0.1) is 0 Å². The molecular formula is C18H11ClN2O4S. The van der Waals surface area contributed by atoms with E-state index in [1.807, 2.05) is 24.3 Å². The zero-order chi connectivity index (χ0) is 18.3. The van der Waals surface area contributed by atoms with Gasteiger partial charge in [0.05, 0.1) is 15.9 Å².